The fourth-order valence-electron chi connectivity index (χ4n) is 1.38. The van der Waals surface area contributed by atoms with Gasteiger partial charge >= 0.3 is 0 Å². The summed E-state index contributed by atoms with van der Waals surface area (Å²) >= 11 is 1.18. The average molecular weight is 263 g/mol. The maximum atomic E-state index is 11.3. The van der Waals surface area contributed by atoms with Crippen molar-refractivity contribution in [2.75, 3.05) is 7.05 Å². The summed E-state index contributed by atoms with van der Waals surface area (Å²) in [5, 5.41) is 2.57. The molecule has 0 spiro atoms. The van der Waals surface area contributed by atoms with Gasteiger partial charge in [0.05, 0.1) is 17.4 Å². The van der Waals surface area contributed by atoms with E-state index in [-0.39, 0.29) is 5.91 Å². The van der Waals surface area contributed by atoms with E-state index in [2.05, 4.69) is 14.1 Å². The molecule has 1 amide bonds. The summed E-state index contributed by atoms with van der Waals surface area (Å²) in [5.41, 5.74) is 2.34. The number of aryl methyl sites for hydroxylation is 1. The topological polar surface area (TPSA) is 64.1 Å². The number of nitrogens with one attached hydrogen (secondary N) is 1. The van der Waals surface area contributed by atoms with Crippen LogP contribution in [0.2, 0.25) is 0 Å². The summed E-state index contributed by atoms with van der Waals surface area (Å²) in [7, 11) is 1.60. The first-order chi connectivity index (χ1) is 8.70. The third-order valence-electron chi connectivity index (χ3n) is 2.47. The zero-order valence-corrected chi connectivity index (χ0v) is 11.0. The Bertz CT molecular complexity index is 537. The normalized spacial score (nSPS) is 10.1. The number of rotatable bonds is 4. The highest BCUT2D eigenvalue weighted by atomic mass is 32.1. The molecule has 0 aliphatic heterocycles. The van der Waals surface area contributed by atoms with Gasteiger partial charge in [-0.05, 0) is 31.2 Å². The minimum atomic E-state index is -0.110. The number of hydrogen-bond donors (Lipinski definition) is 1. The monoisotopic (exact) mass is 263 g/mol. The van der Waals surface area contributed by atoms with Crippen molar-refractivity contribution >= 4 is 17.6 Å². The van der Waals surface area contributed by atoms with Crippen LogP contribution in [0.5, 0.6) is 5.75 Å². The minimum absolute atomic E-state index is 0.110. The lowest BCUT2D eigenvalue weighted by Crippen LogP contribution is -2.17. The van der Waals surface area contributed by atoms with Crippen LogP contribution in [0.4, 0.5) is 0 Å². The van der Waals surface area contributed by atoms with Gasteiger partial charge in [-0.2, -0.15) is 8.75 Å². The van der Waals surface area contributed by atoms with Crippen LogP contribution in [-0.4, -0.2) is 21.7 Å². The summed E-state index contributed by atoms with van der Waals surface area (Å²) in [6, 6.07) is 6.97. The van der Waals surface area contributed by atoms with Crippen molar-refractivity contribution in [3.63, 3.8) is 0 Å². The van der Waals surface area contributed by atoms with Crippen LogP contribution in [0.15, 0.2) is 24.3 Å². The molecule has 0 aliphatic rings. The van der Waals surface area contributed by atoms with Gasteiger partial charge in [-0.1, -0.05) is 0 Å². The molecule has 0 atom stereocenters. The van der Waals surface area contributed by atoms with Crippen molar-refractivity contribution in [1.29, 1.82) is 0 Å². The first kappa shape index (κ1) is 12.5. The van der Waals surface area contributed by atoms with Crippen molar-refractivity contribution in [3.8, 4) is 5.75 Å². The molecule has 1 aromatic heterocycles. The molecule has 94 valence electrons. The van der Waals surface area contributed by atoms with Crippen LogP contribution in [0.25, 0.3) is 0 Å². The molecule has 0 saturated heterocycles. The van der Waals surface area contributed by atoms with Crippen LogP contribution < -0.4 is 10.1 Å². The molecule has 0 fully saturated rings. The molecule has 0 aliphatic carbocycles. The Morgan fingerprint density at radius 3 is 2.61 bits per heavy atom. The summed E-state index contributed by atoms with van der Waals surface area (Å²) in [6.45, 7) is 2.29. The van der Waals surface area contributed by atoms with E-state index in [1.54, 1.807) is 31.3 Å². The maximum absolute atomic E-state index is 11.3. The Morgan fingerprint density at radius 2 is 2.06 bits per heavy atom. The lowest BCUT2D eigenvalue weighted by Gasteiger charge is -2.05. The molecule has 1 heterocycles. The summed E-state index contributed by atoms with van der Waals surface area (Å²) in [4.78, 5) is 11.3. The number of nitrogens with zero attached hydrogens (tertiary/aromatic N) is 2. The Balaban J connectivity index is 1.98. The smallest absolute Gasteiger partial charge is 0.251 e. The molecule has 2 rings (SSSR count). The largest absolute Gasteiger partial charge is 0.487 e. The number of ether oxygens (including phenoxy) is 1. The van der Waals surface area contributed by atoms with Gasteiger partial charge in [-0.25, -0.2) is 0 Å². The summed E-state index contributed by atoms with van der Waals surface area (Å²) < 4.78 is 13.8. The summed E-state index contributed by atoms with van der Waals surface area (Å²) in [6.07, 6.45) is 0. The Morgan fingerprint density at radius 1 is 1.33 bits per heavy atom. The van der Waals surface area contributed by atoms with Gasteiger partial charge in [-0.3, -0.25) is 4.79 Å². The lowest BCUT2D eigenvalue weighted by molar-refractivity contribution is 0.0963. The van der Waals surface area contributed by atoms with Crippen LogP contribution in [0.1, 0.15) is 21.7 Å². The van der Waals surface area contributed by atoms with Gasteiger partial charge in [0.2, 0.25) is 0 Å². The van der Waals surface area contributed by atoms with Crippen molar-refractivity contribution in [1.82, 2.24) is 14.1 Å². The Labute approximate surface area is 109 Å². The maximum Gasteiger partial charge on any atom is 0.251 e. The SMILES string of the molecule is CNC(=O)c1ccc(OCc2nsnc2C)cc1. The Hall–Kier alpha value is -1.95. The highest BCUT2D eigenvalue weighted by molar-refractivity contribution is 6.99. The molecule has 0 saturated carbocycles. The van der Waals surface area contributed by atoms with Gasteiger partial charge in [0.25, 0.3) is 5.91 Å². The van der Waals surface area contributed by atoms with Gasteiger partial charge in [0.15, 0.2) is 0 Å². The van der Waals surface area contributed by atoms with Gasteiger partial charge in [-0.15, -0.1) is 0 Å². The van der Waals surface area contributed by atoms with E-state index in [1.807, 2.05) is 6.92 Å². The third kappa shape index (κ3) is 2.84. The van der Waals surface area contributed by atoms with E-state index in [4.69, 9.17) is 4.74 Å². The standard InChI is InChI=1S/C12H13N3O2S/c1-8-11(15-18-14-8)7-17-10-5-3-9(4-6-10)12(16)13-2/h3-6H,7H2,1-2H3,(H,13,16). The van der Waals surface area contributed by atoms with Crippen molar-refractivity contribution in [2.45, 2.75) is 13.5 Å². The predicted molar refractivity (Wildman–Crippen MR) is 68.8 cm³/mol. The van der Waals surface area contributed by atoms with E-state index in [1.165, 1.54) is 11.7 Å². The molecule has 1 aromatic carbocycles. The number of amides is 1. The van der Waals surface area contributed by atoms with Gasteiger partial charge < -0.3 is 10.1 Å². The van der Waals surface area contributed by atoms with E-state index in [0.29, 0.717) is 17.9 Å². The molecule has 0 radical (unpaired) electrons. The quantitative estimate of drug-likeness (QED) is 0.913. The van der Waals surface area contributed by atoms with Gasteiger partial charge in [0, 0.05) is 12.6 Å². The molecule has 1 N–H and O–H groups in total. The molecule has 0 unspecified atom stereocenters. The van der Waals surface area contributed by atoms with Crippen LogP contribution in [-0.2, 0) is 6.61 Å². The second kappa shape index (κ2) is 5.59. The van der Waals surface area contributed by atoms with E-state index >= 15 is 0 Å². The first-order valence-electron chi connectivity index (χ1n) is 5.43. The molecule has 5 nitrogen and oxygen atoms in total. The zero-order chi connectivity index (χ0) is 13.0. The number of hydrogen-bond acceptors (Lipinski definition) is 5. The van der Waals surface area contributed by atoms with Crippen molar-refractivity contribution in [2.24, 2.45) is 0 Å². The summed E-state index contributed by atoms with van der Waals surface area (Å²) in [5.74, 6) is 0.594. The fraction of sp³-hybridized carbons (Fsp3) is 0.250. The molecule has 18 heavy (non-hydrogen) atoms. The number of carbonyl (C=O) groups is 1. The lowest BCUT2D eigenvalue weighted by atomic mass is 10.2. The second-order valence-corrected chi connectivity index (χ2v) is 4.22. The van der Waals surface area contributed by atoms with E-state index < -0.39 is 0 Å². The number of benzene rings is 1. The first-order valence-corrected chi connectivity index (χ1v) is 6.16. The highest BCUT2D eigenvalue weighted by Gasteiger charge is 2.05. The van der Waals surface area contributed by atoms with Crippen LogP contribution in [0.3, 0.4) is 0 Å². The van der Waals surface area contributed by atoms with Crippen LogP contribution in [0, 0.1) is 6.92 Å². The Kier molecular flexibility index (Phi) is 3.88. The van der Waals surface area contributed by atoms with Gasteiger partial charge in [0.1, 0.15) is 18.1 Å². The number of carbonyl (C=O) groups excluding carboxylic acids is 1. The molecule has 0 bridgehead atoms. The third-order valence-corrected chi connectivity index (χ3v) is 3.12. The fourth-order valence-corrected chi connectivity index (χ4v) is 1.93. The van der Waals surface area contributed by atoms with E-state index in [9.17, 15) is 4.79 Å². The number of aromatic nitrogens is 2. The molecule has 6 heteroatoms. The highest BCUT2D eigenvalue weighted by Crippen LogP contribution is 2.14. The molecular formula is C12H13N3O2S. The minimum Gasteiger partial charge on any atom is -0.487 e. The van der Waals surface area contributed by atoms with Crippen molar-refractivity contribution < 1.29 is 9.53 Å². The van der Waals surface area contributed by atoms with Crippen molar-refractivity contribution in [3.05, 3.63) is 41.2 Å². The zero-order valence-electron chi connectivity index (χ0n) is 10.1. The van der Waals surface area contributed by atoms with Crippen LogP contribution >= 0.6 is 11.7 Å². The van der Waals surface area contributed by atoms with E-state index in [0.717, 1.165) is 11.4 Å². The predicted octanol–water partition coefficient (Wildman–Crippen LogP) is 1.79. The molecular weight excluding hydrogens is 250 g/mol. The average Bonchev–Trinajstić information content (AvgIpc) is 2.81. The molecule has 2 aromatic rings. The second-order valence-electron chi connectivity index (χ2n) is 3.69.